The van der Waals surface area contributed by atoms with Crippen LogP contribution in [0.2, 0.25) is 0 Å². The van der Waals surface area contributed by atoms with Gasteiger partial charge in [0.2, 0.25) is 0 Å². The molecule has 4 atom stereocenters. The van der Waals surface area contributed by atoms with E-state index in [4.69, 9.17) is 0 Å². The minimum Gasteiger partial charge on any atom is -0.299 e. The molecule has 3 saturated carbocycles. The SMILES string of the molecule is O=C1CCCC[C@H]1[C@H]1CCC[C@@H]([C@H]2CCCCC2=O)C1=O. The van der Waals surface area contributed by atoms with Crippen molar-refractivity contribution in [2.45, 2.75) is 70.6 Å². The Bertz CT molecular complexity index is 402. The van der Waals surface area contributed by atoms with Crippen LogP contribution in [0.4, 0.5) is 0 Å². The van der Waals surface area contributed by atoms with Crippen molar-refractivity contribution in [3.05, 3.63) is 0 Å². The normalized spacial score (nSPS) is 38.6. The number of carbonyl (C=O) groups excluding carboxylic acids is 3. The Kier molecular flexibility index (Phi) is 4.56. The van der Waals surface area contributed by atoms with E-state index in [1.54, 1.807) is 0 Å². The number of hydrogen-bond donors (Lipinski definition) is 0. The van der Waals surface area contributed by atoms with E-state index in [0.29, 0.717) is 24.4 Å². The van der Waals surface area contributed by atoms with Gasteiger partial charge in [0.15, 0.2) is 0 Å². The Hall–Kier alpha value is -0.990. The zero-order valence-electron chi connectivity index (χ0n) is 12.8. The molecule has 0 spiro atoms. The Labute approximate surface area is 126 Å². The molecular formula is C18H26O3. The molecule has 0 unspecified atom stereocenters. The molecule has 3 nitrogen and oxygen atoms in total. The van der Waals surface area contributed by atoms with Gasteiger partial charge < -0.3 is 0 Å². The maximum atomic E-state index is 12.9. The first-order chi connectivity index (χ1) is 10.2. The summed E-state index contributed by atoms with van der Waals surface area (Å²) < 4.78 is 0. The molecule has 116 valence electrons. The summed E-state index contributed by atoms with van der Waals surface area (Å²) in [5.74, 6) is 0.630. The minimum atomic E-state index is -0.0775. The zero-order chi connectivity index (χ0) is 14.8. The van der Waals surface area contributed by atoms with Crippen molar-refractivity contribution in [3.8, 4) is 0 Å². The van der Waals surface area contributed by atoms with Crippen molar-refractivity contribution in [1.82, 2.24) is 0 Å². The molecular weight excluding hydrogens is 264 g/mol. The fourth-order valence-corrected chi connectivity index (χ4v) is 4.79. The summed E-state index contributed by atoms with van der Waals surface area (Å²) in [6, 6.07) is 0. The Morgan fingerprint density at radius 1 is 0.524 bits per heavy atom. The van der Waals surface area contributed by atoms with Gasteiger partial charge in [-0.25, -0.2) is 0 Å². The van der Waals surface area contributed by atoms with Gasteiger partial charge in [-0.05, 0) is 38.5 Å². The number of rotatable bonds is 2. The van der Waals surface area contributed by atoms with E-state index in [2.05, 4.69) is 0 Å². The lowest BCUT2D eigenvalue weighted by Gasteiger charge is -2.38. The van der Waals surface area contributed by atoms with E-state index in [1.165, 1.54) is 0 Å². The second kappa shape index (κ2) is 6.41. The fraction of sp³-hybridized carbons (Fsp3) is 0.833. The summed E-state index contributed by atoms with van der Waals surface area (Å²) >= 11 is 0. The summed E-state index contributed by atoms with van der Waals surface area (Å²) in [6.07, 6.45) is 9.96. The molecule has 3 fully saturated rings. The quantitative estimate of drug-likeness (QED) is 0.782. The van der Waals surface area contributed by atoms with Gasteiger partial charge in [0.05, 0.1) is 0 Å². The van der Waals surface area contributed by atoms with Crippen molar-refractivity contribution in [2.24, 2.45) is 23.7 Å². The third-order valence-electron chi connectivity index (χ3n) is 5.94. The molecule has 0 aliphatic heterocycles. The van der Waals surface area contributed by atoms with Gasteiger partial charge in [-0.2, -0.15) is 0 Å². The number of carbonyl (C=O) groups is 3. The standard InChI is InChI=1S/C18H26O3/c19-16-10-3-1-6-12(16)14-8-5-9-15(18(14)21)13-7-2-4-11-17(13)20/h12-15H,1-11H2/t12-,13+,14+,15-. The molecule has 3 aliphatic rings. The minimum absolute atomic E-state index is 0.0345. The maximum Gasteiger partial charge on any atom is 0.140 e. The van der Waals surface area contributed by atoms with E-state index in [-0.39, 0.29) is 29.5 Å². The molecule has 21 heavy (non-hydrogen) atoms. The number of ketones is 3. The third kappa shape index (κ3) is 2.97. The van der Waals surface area contributed by atoms with Gasteiger partial charge in [0, 0.05) is 36.5 Å². The summed E-state index contributed by atoms with van der Waals surface area (Å²) in [5, 5.41) is 0. The van der Waals surface area contributed by atoms with Crippen molar-refractivity contribution >= 4 is 17.3 Å². The van der Waals surface area contributed by atoms with E-state index < -0.39 is 0 Å². The van der Waals surface area contributed by atoms with Crippen LogP contribution in [0.25, 0.3) is 0 Å². The highest BCUT2D eigenvalue weighted by molar-refractivity contribution is 5.95. The highest BCUT2D eigenvalue weighted by Gasteiger charge is 2.44. The van der Waals surface area contributed by atoms with Crippen LogP contribution < -0.4 is 0 Å². The van der Waals surface area contributed by atoms with Gasteiger partial charge in [-0.1, -0.05) is 19.3 Å². The van der Waals surface area contributed by atoms with E-state index >= 15 is 0 Å². The van der Waals surface area contributed by atoms with Crippen LogP contribution in [0.1, 0.15) is 70.6 Å². The molecule has 0 aromatic heterocycles. The molecule has 0 saturated heterocycles. The molecule has 0 heterocycles. The van der Waals surface area contributed by atoms with Gasteiger partial charge in [-0.15, -0.1) is 0 Å². The molecule has 0 aromatic rings. The molecule has 3 aliphatic carbocycles. The molecule has 0 bridgehead atoms. The molecule has 3 rings (SSSR count). The van der Waals surface area contributed by atoms with Crippen molar-refractivity contribution in [2.75, 3.05) is 0 Å². The van der Waals surface area contributed by atoms with E-state index in [0.717, 1.165) is 57.8 Å². The van der Waals surface area contributed by atoms with Crippen LogP contribution in [0, 0.1) is 23.7 Å². The van der Waals surface area contributed by atoms with Crippen LogP contribution in [0.3, 0.4) is 0 Å². The van der Waals surface area contributed by atoms with Crippen LogP contribution in [0.5, 0.6) is 0 Å². The average molecular weight is 290 g/mol. The predicted octanol–water partition coefficient (Wildman–Crippen LogP) is 3.49. The van der Waals surface area contributed by atoms with E-state index in [1.807, 2.05) is 0 Å². The van der Waals surface area contributed by atoms with Crippen LogP contribution >= 0.6 is 0 Å². The summed E-state index contributed by atoms with van der Waals surface area (Å²) in [5.41, 5.74) is 0. The van der Waals surface area contributed by atoms with Crippen LogP contribution in [-0.4, -0.2) is 17.3 Å². The van der Waals surface area contributed by atoms with Crippen molar-refractivity contribution < 1.29 is 14.4 Å². The molecule has 0 radical (unpaired) electrons. The first-order valence-electron chi connectivity index (χ1n) is 8.77. The van der Waals surface area contributed by atoms with Gasteiger partial charge in [-0.3, -0.25) is 14.4 Å². The summed E-state index contributed by atoms with van der Waals surface area (Å²) in [7, 11) is 0. The predicted molar refractivity (Wildman–Crippen MR) is 79.8 cm³/mol. The van der Waals surface area contributed by atoms with Gasteiger partial charge in [0.25, 0.3) is 0 Å². The first-order valence-corrected chi connectivity index (χ1v) is 8.77. The highest BCUT2D eigenvalue weighted by atomic mass is 16.1. The molecule has 0 aromatic carbocycles. The largest absolute Gasteiger partial charge is 0.299 e. The molecule has 3 heteroatoms. The Balaban J connectivity index is 1.73. The first kappa shape index (κ1) is 14.9. The molecule has 0 amide bonds. The Morgan fingerprint density at radius 2 is 0.952 bits per heavy atom. The smallest absolute Gasteiger partial charge is 0.140 e. The monoisotopic (exact) mass is 290 g/mol. The van der Waals surface area contributed by atoms with Crippen LogP contribution in [-0.2, 0) is 14.4 Å². The van der Waals surface area contributed by atoms with E-state index in [9.17, 15) is 14.4 Å². The topological polar surface area (TPSA) is 51.2 Å². The summed E-state index contributed by atoms with van der Waals surface area (Å²) in [4.78, 5) is 37.2. The average Bonchev–Trinajstić information content (AvgIpc) is 2.49. The van der Waals surface area contributed by atoms with Crippen molar-refractivity contribution in [1.29, 1.82) is 0 Å². The van der Waals surface area contributed by atoms with Gasteiger partial charge >= 0.3 is 0 Å². The Morgan fingerprint density at radius 3 is 1.38 bits per heavy atom. The van der Waals surface area contributed by atoms with Crippen molar-refractivity contribution in [3.63, 3.8) is 0 Å². The lowest BCUT2D eigenvalue weighted by Crippen LogP contribution is -2.42. The summed E-state index contributed by atoms with van der Waals surface area (Å²) in [6.45, 7) is 0. The molecule has 0 N–H and O–H groups in total. The number of Topliss-reactive ketones (excluding diaryl/α,β-unsaturated/α-hetero) is 3. The third-order valence-corrected chi connectivity index (χ3v) is 5.94. The fourth-order valence-electron chi connectivity index (χ4n) is 4.79. The zero-order valence-corrected chi connectivity index (χ0v) is 12.8. The maximum absolute atomic E-state index is 12.9. The lowest BCUT2D eigenvalue weighted by atomic mass is 9.64. The highest BCUT2D eigenvalue weighted by Crippen LogP contribution is 2.41. The van der Waals surface area contributed by atoms with Gasteiger partial charge in [0.1, 0.15) is 17.3 Å². The lowest BCUT2D eigenvalue weighted by molar-refractivity contribution is -0.143. The van der Waals surface area contributed by atoms with Crippen LogP contribution in [0.15, 0.2) is 0 Å². The second-order valence-corrected chi connectivity index (χ2v) is 7.18. The number of hydrogen-bond acceptors (Lipinski definition) is 3. The second-order valence-electron chi connectivity index (χ2n) is 7.18.